The van der Waals surface area contributed by atoms with Gasteiger partial charge in [-0.05, 0) is 37.1 Å². The molecule has 120 valence electrons. The average Bonchev–Trinajstić information content (AvgIpc) is 3.14. The van der Waals surface area contributed by atoms with Crippen LogP contribution < -0.4 is 5.32 Å². The minimum atomic E-state index is -0.189. The molecular formula is C16H20N6O. The first-order valence-electron chi connectivity index (χ1n) is 7.59. The number of amides is 1. The van der Waals surface area contributed by atoms with E-state index >= 15 is 0 Å². The lowest BCUT2D eigenvalue weighted by atomic mass is 10.1. The minimum absolute atomic E-state index is 0.0340. The maximum absolute atomic E-state index is 12.2. The summed E-state index contributed by atoms with van der Waals surface area (Å²) in [5, 5.41) is 6.92. The van der Waals surface area contributed by atoms with Crippen molar-refractivity contribution < 1.29 is 4.79 Å². The van der Waals surface area contributed by atoms with Crippen LogP contribution in [0.5, 0.6) is 0 Å². The molecule has 23 heavy (non-hydrogen) atoms. The number of aromatic nitrogens is 5. The SMILES string of the molecule is Cc1cc2nc(CNC(=O)C(C)Cn3cncn3)[nH]c2cc1C. The Balaban J connectivity index is 1.62. The Morgan fingerprint density at radius 1 is 1.35 bits per heavy atom. The molecule has 2 N–H and O–H groups in total. The van der Waals surface area contributed by atoms with E-state index < -0.39 is 0 Å². The summed E-state index contributed by atoms with van der Waals surface area (Å²) >= 11 is 0. The molecule has 2 aromatic heterocycles. The smallest absolute Gasteiger partial charge is 0.225 e. The summed E-state index contributed by atoms with van der Waals surface area (Å²) in [6.07, 6.45) is 3.07. The van der Waals surface area contributed by atoms with Crippen LogP contribution in [0.3, 0.4) is 0 Å². The number of benzene rings is 1. The van der Waals surface area contributed by atoms with Crippen LogP contribution in [-0.2, 0) is 17.9 Å². The van der Waals surface area contributed by atoms with Crippen LogP contribution in [0.4, 0.5) is 0 Å². The van der Waals surface area contributed by atoms with Crippen LogP contribution >= 0.6 is 0 Å². The third-order valence-corrected chi connectivity index (χ3v) is 3.95. The molecule has 0 aliphatic carbocycles. The van der Waals surface area contributed by atoms with E-state index in [1.807, 2.05) is 6.92 Å². The van der Waals surface area contributed by atoms with Crippen LogP contribution in [0.15, 0.2) is 24.8 Å². The molecule has 0 saturated heterocycles. The molecule has 1 unspecified atom stereocenters. The van der Waals surface area contributed by atoms with Gasteiger partial charge in [0.1, 0.15) is 18.5 Å². The van der Waals surface area contributed by atoms with Crippen molar-refractivity contribution in [1.29, 1.82) is 0 Å². The third-order valence-electron chi connectivity index (χ3n) is 3.95. The predicted octanol–water partition coefficient (Wildman–Crippen LogP) is 1.72. The fraction of sp³-hybridized carbons (Fsp3) is 0.375. The molecule has 1 aromatic carbocycles. The monoisotopic (exact) mass is 312 g/mol. The molecular weight excluding hydrogens is 292 g/mol. The Morgan fingerprint density at radius 3 is 2.87 bits per heavy atom. The number of fused-ring (bicyclic) bond motifs is 1. The van der Waals surface area contributed by atoms with Crippen molar-refractivity contribution in [2.45, 2.75) is 33.9 Å². The van der Waals surface area contributed by atoms with E-state index in [4.69, 9.17) is 0 Å². The van der Waals surface area contributed by atoms with Gasteiger partial charge in [-0.15, -0.1) is 0 Å². The number of aromatic amines is 1. The molecule has 0 saturated carbocycles. The second-order valence-electron chi connectivity index (χ2n) is 5.87. The van der Waals surface area contributed by atoms with E-state index in [9.17, 15) is 4.79 Å². The average molecular weight is 312 g/mol. The van der Waals surface area contributed by atoms with E-state index in [0.29, 0.717) is 13.1 Å². The van der Waals surface area contributed by atoms with Crippen LogP contribution in [0.1, 0.15) is 23.9 Å². The number of imidazole rings is 1. The molecule has 1 amide bonds. The number of nitrogens with one attached hydrogen (secondary N) is 2. The number of rotatable bonds is 5. The quantitative estimate of drug-likeness (QED) is 0.751. The lowest BCUT2D eigenvalue weighted by Crippen LogP contribution is -2.31. The van der Waals surface area contributed by atoms with Crippen LogP contribution in [0.25, 0.3) is 11.0 Å². The molecule has 0 radical (unpaired) electrons. The summed E-state index contributed by atoms with van der Waals surface area (Å²) in [7, 11) is 0. The molecule has 0 aliphatic heterocycles. The third kappa shape index (κ3) is 3.39. The normalized spacial score (nSPS) is 12.5. The Labute approximate surface area is 134 Å². The van der Waals surface area contributed by atoms with Crippen LogP contribution in [-0.4, -0.2) is 30.6 Å². The van der Waals surface area contributed by atoms with Crippen molar-refractivity contribution in [2.75, 3.05) is 0 Å². The highest BCUT2D eigenvalue weighted by Gasteiger charge is 2.14. The van der Waals surface area contributed by atoms with Crippen molar-refractivity contribution in [3.63, 3.8) is 0 Å². The molecule has 7 nitrogen and oxygen atoms in total. The number of hydrogen-bond acceptors (Lipinski definition) is 4. The lowest BCUT2D eigenvalue weighted by molar-refractivity contribution is -0.125. The molecule has 0 bridgehead atoms. The van der Waals surface area contributed by atoms with Gasteiger partial charge in [-0.2, -0.15) is 5.10 Å². The first-order chi connectivity index (χ1) is 11.0. The Bertz CT molecular complexity index is 782. The zero-order valence-corrected chi connectivity index (χ0v) is 13.5. The van der Waals surface area contributed by atoms with Gasteiger partial charge in [-0.3, -0.25) is 9.48 Å². The zero-order valence-electron chi connectivity index (χ0n) is 13.5. The standard InChI is InChI=1S/C16H20N6O/c1-10-4-13-14(5-11(10)2)21-15(20-13)6-18-16(23)12(3)7-22-9-17-8-19-22/h4-5,8-9,12H,6-7H2,1-3H3,(H,18,23)(H,20,21). The highest BCUT2D eigenvalue weighted by Crippen LogP contribution is 2.17. The molecule has 7 heteroatoms. The van der Waals surface area contributed by atoms with Gasteiger partial charge < -0.3 is 10.3 Å². The predicted molar refractivity (Wildman–Crippen MR) is 86.6 cm³/mol. The molecule has 1 atom stereocenters. The molecule has 0 spiro atoms. The van der Waals surface area contributed by atoms with E-state index in [1.165, 1.54) is 17.5 Å². The molecule has 2 heterocycles. The Kier molecular flexibility index (Phi) is 4.10. The van der Waals surface area contributed by atoms with E-state index in [-0.39, 0.29) is 11.8 Å². The number of carbonyl (C=O) groups is 1. The van der Waals surface area contributed by atoms with Crippen molar-refractivity contribution >= 4 is 16.9 Å². The number of aryl methyl sites for hydroxylation is 2. The largest absolute Gasteiger partial charge is 0.349 e. The van der Waals surface area contributed by atoms with Crippen molar-refractivity contribution in [2.24, 2.45) is 5.92 Å². The summed E-state index contributed by atoms with van der Waals surface area (Å²) in [6.45, 7) is 6.89. The van der Waals surface area contributed by atoms with E-state index in [0.717, 1.165) is 16.9 Å². The highest BCUT2D eigenvalue weighted by atomic mass is 16.1. The van der Waals surface area contributed by atoms with Crippen LogP contribution in [0.2, 0.25) is 0 Å². The van der Waals surface area contributed by atoms with Gasteiger partial charge in [-0.1, -0.05) is 6.92 Å². The Hall–Kier alpha value is -2.70. The summed E-state index contributed by atoms with van der Waals surface area (Å²) in [4.78, 5) is 23.8. The maximum Gasteiger partial charge on any atom is 0.225 e. The topological polar surface area (TPSA) is 88.5 Å². The number of carbonyl (C=O) groups excluding carboxylic acids is 1. The van der Waals surface area contributed by atoms with Crippen molar-refractivity contribution in [3.8, 4) is 0 Å². The molecule has 0 fully saturated rings. The first-order valence-corrected chi connectivity index (χ1v) is 7.59. The van der Waals surface area contributed by atoms with Gasteiger partial charge in [-0.25, -0.2) is 9.97 Å². The number of hydrogen-bond donors (Lipinski definition) is 2. The van der Waals surface area contributed by atoms with Gasteiger partial charge in [0.2, 0.25) is 5.91 Å². The molecule has 0 aliphatic rings. The fourth-order valence-electron chi connectivity index (χ4n) is 2.44. The summed E-state index contributed by atoms with van der Waals surface area (Å²) in [5.41, 5.74) is 4.35. The van der Waals surface area contributed by atoms with Gasteiger partial charge in [0.15, 0.2) is 0 Å². The van der Waals surface area contributed by atoms with Crippen molar-refractivity contribution in [1.82, 2.24) is 30.0 Å². The minimum Gasteiger partial charge on any atom is -0.349 e. The second-order valence-corrected chi connectivity index (χ2v) is 5.87. The summed E-state index contributed by atoms with van der Waals surface area (Å²) < 4.78 is 1.65. The molecule has 3 rings (SSSR count). The molecule has 3 aromatic rings. The van der Waals surface area contributed by atoms with E-state index in [1.54, 1.807) is 11.0 Å². The van der Waals surface area contributed by atoms with E-state index in [2.05, 4.69) is 51.3 Å². The zero-order chi connectivity index (χ0) is 16.4. The fourth-order valence-corrected chi connectivity index (χ4v) is 2.44. The Morgan fingerprint density at radius 2 is 2.13 bits per heavy atom. The first kappa shape index (κ1) is 15.2. The lowest BCUT2D eigenvalue weighted by Gasteiger charge is -2.10. The van der Waals surface area contributed by atoms with Gasteiger partial charge in [0.25, 0.3) is 0 Å². The highest BCUT2D eigenvalue weighted by molar-refractivity contribution is 5.79. The maximum atomic E-state index is 12.2. The van der Waals surface area contributed by atoms with Crippen LogP contribution in [0, 0.1) is 19.8 Å². The summed E-state index contributed by atoms with van der Waals surface area (Å²) in [5.74, 6) is 0.533. The second kappa shape index (κ2) is 6.20. The summed E-state index contributed by atoms with van der Waals surface area (Å²) in [6, 6.07) is 4.14. The van der Waals surface area contributed by atoms with Gasteiger partial charge >= 0.3 is 0 Å². The number of H-pyrrole nitrogens is 1. The number of nitrogens with zero attached hydrogens (tertiary/aromatic N) is 4. The van der Waals surface area contributed by atoms with Gasteiger partial charge in [0.05, 0.1) is 30.0 Å². The van der Waals surface area contributed by atoms with Crippen molar-refractivity contribution in [3.05, 3.63) is 41.7 Å². The van der Waals surface area contributed by atoms with Gasteiger partial charge in [0, 0.05) is 0 Å².